The van der Waals surface area contributed by atoms with Gasteiger partial charge in [-0.05, 0) is 76.0 Å². The van der Waals surface area contributed by atoms with Crippen molar-refractivity contribution in [3.05, 3.63) is 45.4 Å². The van der Waals surface area contributed by atoms with E-state index in [1.54, 1.807) is 0 Å². The first kappa shape index (κ1) is 29.5. The molecule has 0 bridgehead atoms. The number of aromatic hydroxyl groups is 1. The van der Waals surface area contributed by atoms with Gasteiger partial charge in [0.05, 0.1) is 11.6 Å². The predicted molar refractivity (Wildman–Crippen MR) is 145 cm³/mol. The van der Waals surface area contributed by atoms with E-state index in [2.05, 4.69) is 0 Å². The highest BCUT2D eigenvalue weighted by Crippen LogP contribution is 2.56. The molecule has 43 heavy (non-hydrogen) atoms. The number of likely N-dealkylation sites (N-methyl/N-ethyl adjacent to an activating group) is 1. The van der Waals surface area contributed by atoms with Gasteiger partial charge in [0.2, 0.25) is 5.78 Å². The molecule has 6 rings (SSSR count). The summed E-state index contributed by atoms with van der Waals surface area (Å²) in [6.45, 7) is -0.510. The Hall–Kier alpha value is -3.62. The first-order valence-corrected chi connectivity index (χ1v) is 14.0. The zero-order valence-electron chi connectivity index (χ0n) is 23.8. The lowest BCUT2D eigenvalue weighted by Gasteiger charge is -2.50. The third kappa shape index (κ3) is 4.02. The number of carbonyl (C=O) groups excluding carboxylic acids is 3. The number of benzene rings is 1. The molecular weight excluding hydrogens is 573 g/mol. The third-order valence-electron chi connectivity index (χ3n) is 9.96. The largest absolute Gasteiger partial charge is 0.510 e. The minimum atomic E-state index is -4.55. The topological polar surface area (TPSA) is 168 Å². The van der Waals surface area contributed by atoms with Gasteiger partial charge in [-0.2, -0.15) is 13.2 Å². The maximum absolute atomic E-state index is 14.1. The first-order chi connectivity index (χ1) is 20.0. The van der Waals surface area contributed by atoms with Gasteiger partial charge in [-0.1, -0.05) is 0 Å². The molecule has 232 valence electrons. The summed E-state index contributed by atoms with van der Waals surface area (Å²) in [5.74, 6) is -8.05. The molecule has 0 spiro atoms. The number of ketones is 2. The summed E-state index contributed by atoms with van der Waals surface area (Å²) in [6.07, 6.45) is -4.12. The average molecular weight is 607 g/mol. The predicted octanol–water partition coefficient (Wildman–Crippen LogP) is 1.50. The molecular formula is C29H33F3N4O7. The van der Waals surface area contributed by atoms with E-state index in [0.717, 1.165) is 0 Å². The Bertz CT molecular complexity index is 1540. The van der Waals surface area contributed by atoms with Crippen LogP contribution in [-0.4, -0.2) is 106 Å². The monoisotopic (exact) mass is 606 g/mol. The zero-order chi connectivity index (χ0) is 31.5. The number of carbonyl (C=O) groups is 3. The summed E-state index contributed by atoms with van der Waals surface area (Å²) in [4.78, 5) is 44.3. The lowest BCUT2D eigenvalue weighted by Crippen LogP contribution is -2.63. The summed E-state index contributed by atoms with van der Waals surface area (Å²) in [5, 5.41) is 45.3. The molecule has 2 heterocycles. The van der Waals surface area contributed by atoms with Crippen molar-refractivity contribution in [2.24, 2.45) is 23.5 Å². The van der Waals surface area contributed by atoms with E-state index < -0.39 is 76.5 Å². The number of nitrogens with two attached hydrogens (primary N) is 1. The smallest absolute Gasteiger partial charge is 0.405 e. The van der Waals surface area contributed by atoms with Crippen molar-refractivity contribution < 1.29 is 48.0 Å². The van der Waals surface area contributed by atoms with Crippen molar-refractivity contribution in [2.75, 3.05) is 45.7 Å². The molecule has 1 aromatic rings. The van der Waals surface area contributed by atoms with Gasteiger partial charge in [0, 0.05) is 29.8 Å². The minimum absolute atomic E-state index is 0.0826. The molecule has 6 N–H and O–H groups in total. The number of nitrogens with zero attached hydrogens (tertiary/aromatic N) is 3. The molecule has 0 saturated carbocycles. The van der Waals surface area contributed by atoms with E-state index in [-0.39, 0.29) is 53.7 Å². The Morgan fingerprint density at radius 1 is 1.21 bits per heavy atom. The molecule has 3 aliphatic carbocycles. The van der Waals surface area contributed by atoms with Crippen LogP contribution in [0.5, 0.6) is 5.75 Å². The van der Waals surface area contributed by atoms with Crippen molar-refractivity contribution in [3.8, 4) is 5.75 Å². The minimum Gasteiger partial charge on any atom is -0.510 e. The van der Waals surface area contributed by atoms with Crippen LogP contribution >= 0.6 is 0 Å². The van der Waals surface area contributed by atoms with Gasteiger partial charge >= 0.3 is 6.18 Å². The summed E-state index contributed by atoms with van der Waals surface area (Å²) in [7, 11) is 4.90. The van der Waals surface area contributed by atoms with Crippen LogP contribution in [0, 0.1) is 17.8 Å². The third-order valence-corrected chi connectivity index (χ3v) is 9.96. The van der Waals surface area contributed by atoms with Crippen molar-refractivity contribution in [1.29, 1.82) is 0 Å². The van der Waals surface area contributed by atoms with Crippen LogP contribution in [0.3, 0.4) is 0 Å². The molecule has 1 saturated heterocycles. The number of primary amides is 1. The van der Waals surface area contributed by atoms with E-state index >= 15 is 0 Å². The Morgan fingerprint density at radius 2 is 1.88 bits per heavy atom. The van der Waals surface area contributed by atoms with Gasteiger partial charge in [0.1, 0.15) is 29.4 Å². The molecule has 1 aromatic carbocycles. The summed E-state index contributed by atoms with van der Waals surface area (Å²) in [5.41, 5.74) is 1.90. The fourth-order valence-electron chi connectivity index (χ4n) is 8.38. The molecule has 6 atom stereocenters. The zero-order valence-corrected chi connectivity index (χ0v) is 23.8. The summed E-state index contributed by atoms with van der Waals surface area (Å²) in [6, 6.07) is -0.124. The van der Waals surface area contributed by atoms with Gasteiger partial charge < -0.3 is 31.1 Å². The number of amides is 1. The van der Waals surface area contributed by atoms with Crippen LogP contribution in [0.2, 0.25) is 0 Å². The van der Waals surface area contributed by atoms with Gasteiger partial charge in [0.25, 0.3) is 5.91 Å². The maximum atomic E-state index is 14.1. The van der Waals surface area contributed by atoms with Crippen molar-refractivity contribution in [3.63, 3.8) is 0 Å². The van der Waals surface area contributed by atoms with Crippen LogP contribution in [0.1, 0.15) is 40.4 Å². The van der Waals surface area contributed by atoms with Crippen LogP contribution in [0.4, 0.5) is 18.9 Å². The molecule has 1 amide bonds. The van der Waals surface area contributed by atoms with Crippen LogP contribution in [0.15, 0.2) is 28.7 Å². The Kier molecular flexibility index (Phi) is 6.46. The number of phenolic OH excluding ortho intramolecular Hbond substituents is 1. The average Bonchev–Trinajstić information content (AvgIpc) is 3.25. The summed E-state index contributed by atoms with van der Waals surface area (Å²) < 4.78 is 41.5. The lowest BCUT2D eigenvalue weighted by molar-refractivity contribution is -0.148. The second-order valence-corrected chi connectivity index (χ2v) is 12.6. The molecule has 2 aliphatic heterocycles. The second kappa shape index (κ2) is 9.44. The number of hydrogen-bond acceptors (Lipinski definition) is 10. The number of halogens is 3. The van der Waals surface area contributed by atoms with Gasteiger partial charge in [0.15, 0.2) is 11.4 Å². The molecule has 11 nitrogen and oxygen atoms in total. The Balaban J connectivity index is 1.56. The number of hydrogen-bond donors (Lipinski definition) is 5. The Morgan fingerprint density at radius 3 is 2.49 bits per heavy atom. The fraction of sp³-hybridized carbons (Fsp3) is 0.552. The van der Waals surface area contributed by atoms with E-state index in [9.17, 15) is 48.0 Å². The number of aliphatic hydroxyl groups excluding tert-OH is 2. The van der Waals surface area contributed by atoms with Gasteiger partial charge in [-0.15, -0.1) is 0 Å². The standard InChI is InChI=1S/C29H33F3N4O7/c1-34(2)22-15-7-12-6-13-18(23(38)17(12)25(40)29(15,43)26(41)19(24(22)39)27(33)42)16(37)8-14-20-11(4-5-35(20)3)9-36(21(13)14)10-28(30,31)32/h8,11-12,15,20,22,37,39-40,43H,4-7,9-10H2,1-3H3,(H2,33,42)/t11?,12-,15-,20?,22-,29+/m1/s1. The number of alkyl halides is 3. The first-order valence-electron chi connectivity index (χ1n) is 14.0. The normalized spacial score (nSPS) is 32.5. The molecule has 0 radical (unpaired) electrons. The Labute approximate surface area is 244 Å². The number of aliphatic hydroxyl groups is 3. The number of allylic oxidation sites excluding steroid dienone is 1. The quantitative estimate of drug-likeness (QED) is 0.318. The molecule has 2 unspecified atom stereocenters. The number of Topliss-reactive ketones (excluding diaryl/α,β-unsaturated/α-hetero) is 2. The SMILES string of the molecule is CN1CCC2CN(CC(F)(F)F)c3c(cc(O)c4c3C[C@@H]3C[C@@H]5[C@@H](N(C)C)C(O)=C(C(N)=O)C(=O)[C@@]5(O)C(O)=C3C4=O)C21. The van der Waals surface area contributed by atoms with E-state index in [1.165, 1.54) is 30.0 Å². The van der Waals surface area contributed by atoms with Crippen molar-refractivity contribution >= 4 is 23.2 Å². The highest BCUT2D eigenvalue weighted by molar-refractivity contribution is 6.25. The van der Waals surface area contributed by atoms with Crippen LogP contribution < -0.4 is 10.6 Å². The molecule has 14 heteroatoms. The number of phenols is 1. The lowest BCUT2D eigenvalue weighted by atomic mass is 9.58. The van der Waals surface area contributed by atoms with E-state index in [4.69, 9.17) is 5.73 Å². The maximum Gasteiger partial charge on any atom is 0.405 e. The molecule has 5 aliphatic rings. The molecule has 0 aromatic heterocycles. The van der Waals surface area contributed by atoms with Crippen LogP contribution in [-0.2, 0) is 16.0 Å². The van der Waals surface area contributed by atoms with Crippen molar-refractivity contribution in [1.82, 2.24) is 9.80 Å². The van der Waals surface area contributed by atoms with Gasteiger partial charge in [-0.3, -0.25) is 24.2 Å². The number of fused-ring (bicyclic) bond motifs is 7. The fourth-order valence-corrected chi connectivity index (χ4v) is 8.38. The van der Waals surface area contributed by atoms with E-state index in [1.807, 2.05) is 11.9 Å². The summed E-state index contributed by atoms with van der Waals surface area (Å²) >= 11 is 0. The highest BCUT2D eigenvalue weighted by atomic mass is 19.4. The molecule has 1 fully saturated rings. The second-order valence-electron chi connectivity index (χ2n) is 12.6. The number of anilines is 1. The number of likely N-dealkylation sites (tertiary alicyclic amines) is 1. The van der Waals surface area contributed by atoms with Crippen LogP contribution in [0.25, 0.3) is 0 Å². The van der Waals surface area contributed by atoms with Crippen molar-refractivity contribution in [2.45, 2.75) is 43.1 Å². The number of rotatable bonds is 3. The van der Waals surface area contributed by atoms with E-state index in [0.29, 0.717) is 18.5 Å². The van der Waals surface area contributed by atoms with Gasteiger partial charge in [-0.25, -0.2) is 0 Å². The highest BCUT2D eigenvalue weighted by Gasteiger charge is 2.63.